The average Bonchev–Trinajstić information content (AvgIpc) is 3.63. The standard InChI is InChI=1S/C37H51N7O9/c1-37(2,3)41-34(49)29-11-8-16-44(29)35(50)32(47)28(21-24-9-6-5-7-10-24)39-33(48)27(38)22-30(45)40-31(46)23-53-26-14-12-25(13-15-26)42(4)36(51)43-17-19-52-20-18-43/h5-7,9-10,12-15,27-29,32,47H,8,11,16-23,38H2,1-4H3,(H,39,48)(H,41,49)(H,40,45,46)/t27-,28-,29-,32-/m0/s1. The second kappa shape index (κ2) is 18.6. The lowest BCUT2D eigenvalue weighted by atomic mass is 9.99. The van der Waals surface area contributed by atoms with E-state index in [1.807, 2.05) is 20.8 Å². The van der Waals surface area contributed by atoms with Crippen molar-refractivity contribution in [3.8, 4) is 5.75 Å². The van der Waals surface area contributed by atoms with Crippen LogP contribution in [0.2, 0.25) is 0 Å². The van der Waals surface area contributed by atoms with E-state index >= 15 is 0 Å². The van der Waals surface area contributed by atoms with Gasteiger partial charge in [-0.25, -0.2) is 4.79 Å². The average molecular weight is 738 g/mol. The van der Waals surface area contributed by atoms with Crippen LogP contribution in [-0.4, -0.2) is 127 Å². The summed E-state index contributed by atoms with van der Waals surface area (Å²) in [5.41, 5.74) is 6.86. The topological polar surface area (TPSA) is 213 Å². The molecule has 288 valence electrons. The smallest absolute Gasteiger partial charge is 0.324 e. The number of nitrogens with two attached hydrogens (primary N) is 1. The van der Waals surface area contributed by atoms with Gasteiger partial charge in [0.1, 0.15) is 11.8 Å². The number of carbonyl (C=O) groups is 6. The highest BCUT2D eigenvalue weighted by molar-refractivity contribution is 5.98. The Morgan fingerprint density at radius 2 is 1.64 bits per heavy atom. The van der Waals surface area contributed by atoms with Crippen LogP contribution in [0.3, 0.4) is 0 Å². The van der Waals surface area contributed by atoms with Crippen molar-refractivity contribution in [2.45, 2.75) is 76.2 Å². The van der Waals surface area contributed by atoms with Gasteiger partial charge in [-0.3, -0.25) is 34.2 Å². The van der Waals surface area contributed by atoms with Gasteiger partial charge in [-0.2, -0.15) is 0 Å². The molecule has 0 aromatic heterocycles. The Balaban J connectivity index is 1.29. The minimum absolute atomic E-state index is 0.0579. The number of likely N-dealkylation sites (tertiary alicyclic amines) is 1. The fourth-order valence-electron chi connectivity index (χ4n) is 6.02. The molecule has 0 aliphatic carbocycles. The van der Waals surface area contributed by atoms with Crippen LogP contribution in [0.1, 0.15) is 45.6 Å². The van der Waals surface area contributed by atoms with E-state index < -0.39 is 66.4 Å². The molecule has 2 fully saturated rings. The summed E-state index contributed by atoms with van der Waals surface area (Å²) in [6.45, 7) is 7.24. The van der Waals surface area contributed by atoms with Crippen LogP contribution in [0.5, 0.6) is 5.75 Å². The van der Waals surface area contributed by atoms with Gasteiger partial charge in [-0.15, -0.1) is 0 Å². The molecule has 2 heterocycles. The van der Waals surface area contributed by atoms with Crippen LogP contribution in [0, 0.1) is 0 Å². The highest BCUT2D eigenvalue weighted by Gasteiger charge is 2.40. The first-order valence-electron chi connectivity index (χ1n) is 17.7. The summed E-state index contributed by atoms with van der Waals surface area (Å²) in [7, 11) is 1.66. The van der Waals surface area contributed by atoms with Gasteiger partial charge in [0.25, 0.3) is 11.8 Å². The Hall–Kier alpha value is -5.06. The van der Waals surface area contributed by atoms with Crippen LogP contribution in [-0.2, 0) is 35.1 Å². The molecule has 2 aliphatic heterocycles. The van der Waals surface area contributed by atoms with E-state index in [0.717, 1.165) is 0 Å². The number of amides is 7. The molecule has 2 saturated heterocycles. The maximum atomic E-state index is 13.6. The Morgan fingerprint density at radius 1 is 0.981 bits per heavy atom. The number of urea groups is 1. The third kappa shape index (κ3) is 12.0. The number of rotatable bonds is 13. The van der Waals surface area contributed by atoms with E-state index in [4.69, 9.17) is 15.2 Å². The molecule has 2 aromatic rings. The molecule has 0 radical (unpaired) electrons. The molecule has 16 heteroatoms. The number of anilines is 1. The first-order valence-corrected chi connectivity index (χ1v) is 17.7. The highest BCUT2D eigenvalue weighted by atomic mass is 16.5. The number of nitrogens with one attached hydrogen (secondary N) is 3. The Morgan fingerprint density at radius 3 is 2.28 bits per heavy atom. The minimum atomic E-state index is -1.72. The third-order valence-corrected chi connectivity index (χ3v) is 8.78. The van der Waals surface area contributed by atoms with Crippen LogP contribution in [0.15, 0.2) is 54.6 Å². The van der Waals surface area contributed by atoms with Gasteiger partial charge in [0.2, 0.25) is 17.7 Å². The normalized spacial score (nSPS) is 17.6. The van der Waals surface area contributed by atoms with Gasteiger partial charge in [-0.05, 0) is 69.9 Å². The number of aliphatic hydroxyl groups is 1. The maximum absolute atomic E-state index is 13.6. The molecular formula is C37H51N7O9. The Kier molecular flexibility index (Phi) is 14.3. The summed E-state index contributed by atoms with van der Waals surface area (Å²) in [6.07, 6.45) is -1.23. The molecule has 0 bridgehead atoms. The summed E-state index contributed by atoms with van der Waals surface area (Å²) in [5.74, 6) is -3.14. The number of aliphatic hydroxyl groups excluding tert-OH is 1. The molecule has 2 aromatic carbocycles. The SMILES string of the molecule is CN(C(=O)N1CCOCC1)c1ccc(OCC(=O)NC(=O)C[C@H](N)C(=O)N[C@@H](Cc2ccccc2)[C@H](O)C(=O)N2CCC[C@H]2C(=O)NC(C)(C)C)cc1. The fraction of sp³-hybridized carbons (Fsp3) is 0.514. The Bertz CT molecular complexity index is 1590. The van der Waals surface area contributed by atoms with E-state index in [1.54, 1.807) is 66.5 Å². The molecule has 2 aliphatic rings. The number of nitrogens with zero attached hydrogens (tertiary/aromatic N) is 3. The van der Waals surface area contributed by atoms with Gasteiger partial charge < -0.3 is 40.7 Å². The van der Waals surface area contributed by atoms with Crippen molar-refractivity contribution in [3.63, 3.8) is 0 Å². The van der Waals surface area contributed by atoms with Crippen LogP contribution in [0.4, 0.5) is 10.5 Å². The highest BCUT2D eigenvalue weighted by Crippen LogP contribution is 2.22. The van der Waals surface area contributed by atoms with Crippen molar-refractivity contribution < 1.29 is 43.3 Å². The molecule has 4 rings (SSSR count). The van der Waals surface area contributed by atoms with E-state index in [9.17, 15) is 33.9 Å². The van der Waals surface area contributed by atoms with Crippen LogP contribution in [0.25, 0.3) is 0 Å². The number of carbonyl (C=O) groups excluding carboxylic acids is 6. The second-order valence-corrected chi connectivity index (χ2v) is 14.2. The molecule has 6 N–H and O–H groups in total. The summed E-state index contributed by atoms with van der Waals surface area (Å²) >= 11 is 0. The molecule has 4 atom stereocenters. The van der Waals surface area contributed by atoms with E-state index in [-0.39, 0.29) is 24.9 Å². The van der Waals surface area contributed by atoms with Crippen molar-refractivity contribution in [1.82, 2.24) is 25.8 Å². The molecule has 0 unspecified atom stereocenters. The van der Waals surface area contributed by atoms with E-state index in [1.165, 1.54) is 9.80 Å². The molecule has 53 heavy (non-hydrogen) atoms. The number of morpholine rings is 1. The number of imide groups is 1. The predicted octanol–water partition coefficient (Wildman–Crippen LogP) is 0.308. The third-order valence-electron chi connectivity index (χ3n) is 8.78. The van der Waals surface area contributed by atoms with E-state index in [0.29, 0.717) is 56.1 Å². The Labute approximate surface area is 309 Å². The molecule has 7 amide bonds. The minimum Gasteiger partial charge on any atom is -0.484 e. The van der Waals surface area contributed by atoms with Crippen molar-refractivity contribution in [3.05, 3.63) is 60.2 Å². The summed E-state index contributed by atoms with van der Waals surface area (Å²) < 4.78 is 10.8. The number of hydrogen-bond donors (Lipinski definition) is 5. The van der Waals surface area contributed by atoms with Gasteiger partial charge in [0, 0.05) is 37.9 Å². The molecular weight excluding hydrogens is 686 g/mol. The lowest BCUT2D eigenvalue weighted by Crippen LogP contribution is -2.58. The predicted molar refractivity (Wildman–Crippen MR) is 195 cm³/mol. The summed E-state index contributed by atoms with van der Waals surface area (Å²) in [6, 6.07) is 11.9. The van der Waals surface area contributed by atoms with Gasteiger partial charge in [-0.1, -0.05) is 30.3 Å². The second-order valence-electron chi connectivity index (χ2n) is 14.2. The summed E-state index contributed by atoms with van der Waals surface area (Å²) in [4.78, 5) is 82.1. The molecule has 0 spiro atoms. The monoisotopic (exact) mass is 737 g/mol. The lowest BCUT2D eigenvalue weighted by Gasteiger charge is -2.32. The first-order chi connectivity index (χ1) is 25.1. The first kappa shape index (κ1) is 40.7. The molecule has 0 saturated carbocycles. The fourth-order valence-corrected chi connectivity index (χ4v) is 6.02. The van der Waals surface area contributed by atoms with Crippen molar-refractivity contribution in [2.24, 2.45) is 5.73 Å². The van der Waals surface area contributed by atoms with Crippen molar-refractivity contribution >= 4 is 41.3 Å². The van der Waals surface area contributed by atoms with Crippen molar-refractivity contribution in [2.75, 3.05) is 51.4 Å². The van der Waals surface area contributed by atoms with Crippen LogP contribution < -0.4 is 31.3 Å². The zero-order valence-corrected chi connectivity index (χ0v) is 30.7. The number of ether oxygens (including phenoxy) is 2. The maximum Gasteiger partial charge on any atom is 0.324 e. The van der Waals surface area contributed by atoms with Gasteiger partial charge >= 0.3 is 6.03 Å². The van der Waals surface area contributed by atoms with Crippen LogP contribution >= 0.6 is 0 Å². The largest absolute Gasteiger partial charge is 0.484 e. The zero-order valence-electron chi connectivity index (χ0n) is 30.7. The van der Waals surface area contributed by atoms with Gasteiger partial charge in [0.05, 0.1) is 31.7 Å². The zero-order chi connectivity index (χ0) is 38.7. The van der Waals surface area contributed by atoms with Crippen molar-refractivity contribution in [1.29, 1.82) is 0 Å². The number of benzene rings is 2. The summed E-state index contributed by atoms with van der Waals surface area (Å²) in [5, 5.41) is 18.9. The molecule has 16 nitrogen and oxygen atoms in total. The quantitative estimate of drug-likeness (QED) is 0.190. The number of hydrogen-bond acceptors (Lipinski definition) is 10. The van der Waals surface area contributed by atoms with E-state index in [2.05, 4.69) is 16.0 Å². The lowest BCUT2D eigenvalue weighted by molar-refractivity contribution is -0.147. The van der Waals surface area contributed by atoms with Gasteiger partial charge in [0.15, 0.2) is 12.7 Å².